The zero-order valence-corrected chi connectivity index (χ0v) is 19.5. The average Bonchev–Trinajstić information content (AvgIpc) is 3.45. The van der Waals surface area contributed by atoms with E-state index < -0.39 is 0 Å². The Morgan fingerprint density at radius 3 is 2.58 bits per heavy atom. The maximum atomic E-state index is 13.0. The zero-order valence-electron chi connectivity index (χ0n) is 19.5. The molecule has 0 spiro atoms. The smallest absolute Gasteiger partial charge is 0.233 e. The molecule has 174 valence electrons. The van der Waals surface area contributed by atoms with Gasteiger partial charge in [-0.1, -0.05) is 31.4 Å². The van der Waals surface area contributed by atoms with Gasteiger partial charge in [0.05, 0.1) is 20.1 Å². The first-order valence-corrected chi connectivity index (χ1v) is 12.1. The molecule has 3 aliphatic rings. The molecule has 1 saturated carbocycles. The lowest BCUT2D eigenvalue weighted by Crippen LogP contribution is -2.35. The van der Waals surface area contributed by atoms with Gasteiger partial charge in [0, 0.05) is 36.2 Å². The van der Waals surface area contributed by atoms with Crippen molar-refractivity contribution in [2.24, 2.45) is 5.92 Å². The number of likely N-dealkylation sites (tertiary alicyclic amines) is 1. The summed E-state index contributed by atoms with van der Waals surface area (Å²) < 4.78 is 5.24. The number of carbonyl (C=O) groups excluding carboxylic acids is 2. The lowest BCUT2D eigenvalue weighted by atomic mass is 9.88. The maximum Gasteiger partial charge on any atom is 0.233 e. The lowest BCUT2D eigenvalue weighted by molar-refractivity contribution is -0.135. The van der Waals surface area contributed by atoms with Crippen LogP contribution in [0.25, 0.3) is 0 Å². The Morgan fingerprint density at radius 1 is 1.09 bits per heavy atom. The summed E-state index contributed by atoms with van der Waals surface area (Å²) in [6.07, 6.45) is 6.85. The van der Waals surface area contributed by atoms with Crippen molar-refractivity contribution in [3.05, 3.63) is 46.9 Å². The van der Waals surface area contributed by atoms with Crippen molar-refractivity contribution in [3.8, 4) is 5.75 Å². The van der Waals surface area contributed by atoms with Gasteiger partial charge in [-0.05, 0) is 43.9 Å². The summed E-state index contributed by atoms with van der Waals surface area (Å²) in [6, 6.07) is 7.77. The van der Waals surface area contributed by atoms with E-state index in [9.17, 15) is 9.59 Å². The van der Waals surface area contributed by atoms with Crippen molar-refractivity contribution in [1.29, 1.82) is 0 Å². The van der Waals surface area contributed by atoms with Gasteiger partial charge in [0.2, 0.25) is 11.8 Å². The summed E-state index contributed by atoms with van der Waals surface area (Å²) in [6.45, 7) is 3.89. The molecule has 5 rings (SSSR count). The second-order valence-electron chi connectivity index (χ2n) is 9.58. The molecule has 1 aromatic heterocycles. The van der Waals surface area contributed by atoms with Crippen LogP contribution in [0.3, 0.4) is 0 Å². The molecule has 33 heavy (non-hydrogen) atoms. The molecule has 1 atom stereocenters. The molecule has 1 aliphatic carbocycles. The number of nitrogens with zero attached hydrogens (tertiary/aromatic N) is 4. The second-order valence-corrected chi connectivity index (χ2v) is 9.58. The second kappa shape index (κ2) is 9.12. The van der Waals surface area contributed by atoms with Crippen LogP contribution in [0.4, 0.5) is 5.82 Å². The van der Waals surface area contributed by atoms with Gasteiger partial charge >= 0.3 is 0 Å². The Morgan fingerprint density at radius 2 is 1.85 bits per heavy atom. The fourth-order valence-electron chi connectivity index (χ4n) is 5.44. The number of anilines is 1. The fraction of sp³-hybridized carbons (Fsp3) is 0.538. The summed E-state index contributed by atoms with van der Waals surface area (Å²) in [5.41, 5.74) is 2.82. The Bertz CT molecular complexity index is 1050. The van der Waals surface area contributed by atoms with Crippen molar-refractivity contribution in [3.63, 3.8) is 0 Å². The van der Waals surface area contributed by atoms with Gasteiger partial charge in [-0.3, -0.25) is 14.5 Å². The normalized spacial score (nSPS) is 20.9. The minimum absolute atomic E-state index is 0.0518. The molecule has 2 amide bonds. The number of hydrogen-bond donors (Lipinski definition) is 0. The van der Waals surface area contributed by atoms with Crippen LogP contribution >= 0.6 is 0 Å². The molecule has 0 N–H and O–H groups in total. The number of benzene rings is 1. The predicted molar refractivity (Wildman–Crippen MR) is 125 cm³/mol. The Balaban J connectivity index is 1.34. The van der Waals surface area contributed by atoms with E-state index in [0.29, 0.717) is 25.4 Å². The third kappa shape index (κ3) is 4.33. The van der Waals surface area contributed by atoms with Crippen molar-refractivity contribution >= 4 is 17.6 Å². The highest BCUT2D eigenvalue weighted by Crippen LogP contribution is 2.35. The summed E-state index contributed by atoms with van der Waals surface area (Å²) in [5, 5.41) is 0. The van der Waals surface area contributed by atoms with E-state index in [1.807, 2.05) is 36.1 Å². The van der Waals surface area contributed by atoms with E-state index in [1.165, 1.54) is 19.3 Å². The van der Waals surface area contributed by atoms with Gasteiger partial charge < -0.3 is 9.64 Å². The molecule has 0 radical (unpaired) electrons. The van der Waals surface area contributed by atoms with Gasteiger partial charge in [0.25, 0.3) is 0 Å². The van der Waals surface area contributed by atoms with E-state index in [1.54, 1.807) is 12.0 Å². The number of aromatic nitrogens is 2. The number of rotatable bonds is 5. The molecule has 7 nitrogen and oxygen atoms in total. The van der Waals surface area contributed by atoms with Crippen LogP contribution in [0, 0.1) is 12.8 Å². The molecule has 0 unspecified atom stereocenters. The van der Waals surface area contributed by atoms with E-state index in [-0.39, 0.29) is 17.7 Å². The molecule has 7 heteroatoms. The highest BCUT2D eigenvalue weighted by Gasteiger charge is 2.36. The van der Waals surface area contributed by atoms with E-state index in [4.69, 9.17) is 14.7 Å². The van der Waals surface area contributed by atoms with Crippen LogP contribution < -0.4 is 9.64 Å². The standard InChI is InChI=1S/C26H32N4O3/c1-17-22-14-23(31)30(15-18-8-10-21(33-2)11-9-18)25(22)28-24(27-17)20-12-13-29(16-20)26(32)19-6-4-3-5-7-19/h8-11,19-20H,3-7,12-16H2,1-2H3/t20-/m1/s1. The first-order valence-electron chi connectivity index (χ1n) is 12.1. The molecule has 2 aliphatic heterocycles. The monoisotopic (exact) mass is 448 g/mol. The Kier molecular flexibility index (Phi) is 6.04. The quantitative estimate of drug-likeness (QED) is 0.696. The summed E-state index contributed by atoms with van der Waals surface area (Å²) in [5.74, 6) is 2.97. The molecule has 2 aromatic rings. The van der Waals surface area contributed by atoms with Gasteiger partial charge in [-0.25, -0.2) is 9.97 Å². The summed E-state index contributed by atoms with van der Waals surface area (Å²) >= 11 is 0. The van der Waals surface area contributed by atoms with Gasteiger partial charge in [-0.2, -0.15) is 0 Å². The third-order valence-corrected chi connectivity index (χ3v) is 7.41. The van der Waals surface area contributed by atoms with Crippen molar-refractivity contribution in [2.45, 2.75) is 64.3 Å². The molecule has 3 heterocycles. The van der Waals surface area contributed by atoms with Crippen LogP contribution in [0.1, 0.15) is 67.1 Å². The minimum Gasteiger partial charge on any atom is -0.497 e. The highest BCUT2D eigenvalue weighted by molar-refractivity contribution is 6.00. The van der Waals surface area contributed by atoms with Crippen LogP contribution in [-0.4, -0.2) is 46.9 Å². The number of ether oxygens (including phenoxy) is 1. The zero-order chi connectivity index (χ0) is 22.9. The molecular formula is C26H32N4O3. The predicted octanol–water partition coefficient (Wildman–Crippen LogP) is 3.78. The lowest BCUT2D eigenvalue weighted by Gasteiger charge is -2.26. The molecule has 1 aromatic carbocycles. The van der Waals surface area contributed by atoms with Crippen molar-refractivity contribution in [2.75, 3.05) is 25.1 Å². The van der Waals surface area contributed by atoms with Gasteiger partial charge in [0.1, 0.15) is 17.4 Å². The van der Waals surface area contributed by atoms with Gasteiger partial charge in [0.15, 0.2) is 0 Å². The highest BCUT2D eigenvalue weighted by atomic mass is 16.5. The van der Waals surface area contributed by atoms with Gasteiger partial charge in [-0.15, -0.1) is 0 Å². The third-order valence-electron chi connectivity index (χ3n) is 7.41. The largest absolute Gasteiger partial charge is 0.497 e. The van der Waals surface area contributed by atoms with Crippen LogP contribution in [-0.2, 0) is 22.6 Å². The number of methoxy groups -OCH3 is 1. The van der Waals surface area contributed by atoms with Crippen molar-refractivity contribution < 1.29 is 14.3 Å². The molecule has 0 bridgehead atoms. The number of hydrogen-bond acceptors (Lipinski definition) is 5. The SMILES string of the molecule is COc1ccc(CN2C(=O)Cc3c(C)nc([C@@H]4CCN(C(=O)C5CCCCC5)C4)nc32)cc1. The van der Waals surface area contributed by atoms with E-state index >= 15 is 0 Å². The maximum absolute atomic E-state index is 13.0. The molecule has 1 saturated heterocycles. The minimum atomic E-state index is 0.0518. The number of carbonyl (C=O) groups is 2. The Labute approximate surface area is 195 Å². The van der Waals surface area contributed by atoms with Crippen LogP contribution in [0.5, 0.6) is 5.75 Å². The summed E-state index contributed by atoms with van der Waals surface area (Å²) in [7, 11) is 1.64. The van der Waals surface area contributed by atoms with Crippen LogP contribution in [0.2, 0.25) is 0 Å². The molecule has 2 fully saturated rings. The van der Waals surface area contributed by atoms with Crippen molar-refractivity contribution in [1.82, 2.24) is 14.9 Å². The number of fused-ring (bicyclic) bond motifs is 1. The van der Waals surface area contributed by atoms with E-state index in [0.717, 1.165) is 60.0 Å². The summed E-state index contributed by atoms with van der Waals surface area (Å²) in [4.78, 5) is 39.3. The molecular weight excluding hydrogens is 416 g/mol. The average molecular weight is 449 g/mol. The first kappa shape index (κ1) is 21.9. The number of amides is 2. The van der Waals surface area contributed by atoms with Crippen LogP contribution in [0.15, 0.2) is 24.3 Å². The fourth-order valence-corrected chi connectivity index (χ4v) is 5.44. The van der Waals surface area contributed by atoms with E-state index in [2.05, 4.69) is 0 Å². The Hall–Kier alpha value is -2.96. The topological polar surface area (TPSA) is 75.6 Å². The number of aryl methyl sites for hydroxylation is 1. The first-order chi connectivity index (χ1) is 16.0.